The number of rotatable bonds is 5. The molecular formula is C17H24N2O3S. The number of anilines is 1. The summed E-state index contributed by atoms with van der Waals surface area (Å²) in [6, 6.07) is 10.1. The van der Waals surface area contributed by atoms with Gasteiger partial charge in [0.05, 0.1) is 5.25 Å². The highest BCUT2D eigenvalue weighted by molar-refractivity contribution is 7.92. The van der Waals surface area contributed by atoms with Gasteiger partial charge in [-0.25, -0.2) is 8.42 Å². The minimum atomic E-state index is -3.29. The Labute approximate surface area is 138 Å². The lowest BCUT2D eigenvalue weighted by atomic mass is 10.2. The van der Waals surface area contributed by atoms with Crippen LogP contribution >= 0.6 is 0 Å². The third-order valence-electron chi connectivity index (χ3n) is 4.82. The van der Waals surface area contributed by atoms with Crippen LogP contribution in [0.4, 0.5) is 5.69 Å². The molecule has 6 heteroatoms. The topological polar surface area (TPSA) is 66.5 Å². The number of carbonyl (C=O) groups is 1. The lowest BCUT2D eigenvalue weighted by Gasteiger charge is -2.19. The van der Waals surface area contributed by atoms with Gasteiger partial charge in [0.1, 0.15) is 5.75 Å². The summed E-state index contributed by atoms with van der Waals surface area (Å²) in [6.07, 6.45) is 4.19. The molecule has 5 nitrogen and oxygen atoms in total. The molecule has 1 saturated carbocycles. The molecule has 1 N–H and O–H groups in total. The monoisotopic (exact) mass is 336 g/mol. The molecule has 1 aromatic rings. The van der Waals surface area contributed by atoms with Gasteiger partial charge in [0.15, 0.2) is 9.84 Å². The number of nitrogens with zero attached hydrogens (tertiary/aromatic N) is 1. The van der Waals surface area contributed by atoms with Crippen molar-refractivity contribution in [1.29, 1.82) is 0 Å². The number of carbonyl (C=O) groups excluding carboxylic acids is 1. The quantitative estimate of drug-likeness (QED) is 0.889. The Morgan fingerprint density at radius 1 is 1.13 bits per heavy atom. The SMILES string of the molecule is O=C(CS(=O)(=O)C1CCCC1)N[C@@H]1CCN(c2ccccc2)C1. The maximum atomic E-state index is 12.2. The second kappa shape index (κ2) is 6.91. The second-order valence-electron chi connectivity index (χ2n) is 6.55. The number of hydrogen-bond donors (Lipinski definition) is 1. The minimum absolute atomic E-state index is 0.0292. The Balaban J connectivity index is 1.51. The van der Waals surface area contributed by atoms with E-state index in [9.17, 15) is 13.2 Å². The molecule has 0 aromatic heterocycles. The summed E-state index contributed by atoms with van der Waals surface area (Å²) in [5.74, 6) is -0.712. The molecule has 0 spiro atoms. The van der Waals surface area contributed by atoms with Gasteiger partial charge in [-0.3, -0.25) is 4.79 Å². The Morgan fingerprint density at radius 3 is 2.52 bits per heavy atom. The van der Waals surface area contributed by atoms with Crippen LogP contribution < -0.4 is 10.2 Å². The molecule has 0 radical (unpaired) electrons. The van der Waals surface area contributed by atoms with Crippen molar-refractivity contribution in [3.05, 3.63) is 30.3 Å². The van der Waals surface area contributed by atoms with E-state index in [0.717, 1.165) is 38.0 Å². The van der Waals surface area contributed by atoms with E-state index < -0.39 is 9.84 Å². The van der Waals surface area contributed by atoms with Gasteiger partial charge in [-0.1, -0.05) is 31.0 Å². The molecule has 1 atom stereocenters. The van der Waals surface area contributed by atoms with Crippen molar-refractivity contribution in [2.45, 2.75) is 43.4 Å². The van der Waals surface area contributed by atoms with Crippen LogP contribution in [-0.2, 0) is 14.6 Å². The molecule has 1 saturated heterocycles. The van der Waals surface area contributed by atoms with Crippen molar-refractivity contribution >= 4 is 21.4 Å². The largest absolute Gasteiger partial charge is 0.369 e. The normalized spacial score (nSPS) is 22.4. The van der Waals surface area contributed by atoms with Crippen molar-refractivity contribution in [3.63, 3.8) is 0 Å². The maximum absolute atomic E-state index is 12.2. The first-order valence-corrected chi connectivity index (χ1v) is 10.1. The van der Waals surface area contributed by atoms with Crippen molar-refractivity contribution in [2.24, 2.45) is 0 Å². The molecule has 2 aliphatic rings. The molecule has 2 fully saturated rings. The third kappa shape index (κ3) is 4.05. The van der Waals surface area contributed by atoms with E-state index in [1.165, 1.54) is 0 Å². The highest BCUT2D eigenvalue weighted by Gasteiger charge is 2.32. The van der Waals surface area contributed by atoms with Gasteiger partial charge in [-0.05, 0) is 31.4 Å². The zero-order chi connectivity index (χ0) is 16.3. The summed E-state index contributed by atoms with van der Waals surface area (Å²) in [5.41, 5.74) is 1.14. The van der Waals surface area contributed by atoms with Gasteiger partial charge < -0.3 is 10.2 Å². The summed E-state index contributed by atoms with van der Waals surface area (Å²) in [6.45, 7) is 1.61. The van der Waals surface area contributed by atoms with Crippen molar-refractivity contribution in [2.75, 3.05) is 23.7 Å². The van der Waals surface area contributed by atoms with Crippen molar-refractivity contribution in [3.8, 4) is 0 Å². The van der Waals surface area contributed by atoms with E-state index in [2.05, 4.69) is 22.3 Å². The summed E-state index contributed by atoms with van der Waals surface area (Å²) in [7, 11) is -3.29. The number of amides is 1. The van der Waals surface area contributed by atoms with Crippen LogP contribution in [0.3, 0.4) is 0 Å². The zero-order valence-electron chi connectivity index (χ0n) is 13.3. The fraction of sp³-hybridized carbons (Fsp3) is 0.588. The van der Waals surface area contributed by atoms with Crippen molar-refractivity contribution in [1.82, 2.24) is 5.32 Å². The molecule has 1 aromatic carbocycles. The highest BCUT2D eigenvalue weighted by atomic mass is 32.2. The number of nitrogens with one attached hydrogen (secondary N) is 1. The fourth-order valence-electron chi connectivity index (χ4n) is 3.57. The van der Waals surface area contributed by atoms with E-state index in [1.54, 1.807) is 0 Å². The van der Waals surface area contributed by atoms with Crippen molar-refractivity contribution < 1.29 is 13.2 Å². The summed E-state index contributed by atoms with van der Waals surface area (Å²) < 4.78 is 24.5. The van der Waals surface area contributed by atoms with Gasteiger partial charge >= 0.3 is 0 Å². The van der Waals surface area contributed by atoms with Crippen LogP contribution in [0.2, 0.25) is 0 Å². The van der Waals surface area contributed by atoms with Gasteiger partial charge in [0, 0.05) is 24.8 Å². The zero-order valence-corrected chi connectivity index (χ0v) is 14.1. The van der Waals surface area contributed by atoms with Gasteiger partial charge in [0.2, 0.25) is 5.91 Å². The van der Waals surface area contributed by atoms with E-state index >= 15 is 0 Å². The Morgan fingerprint density at radius 2 is 1.83 bits per heavy atom. The number of para-hydroxylation sites is 1. The van der Waals surface area contributed by atoms with Crippen LogP contribution in [0.1, 0.15) is 32.1 Å². The van der Waals surface area contributed by atoms with Crippen LogP contribution in [0, 0.1) is 0 Å². The average molecular weight is 336 g/mol. The summed E-state index contributed by atoms with van der Waals surface area (Å²) >= 11 is 0. The van der Waals surface area contributed by atoms with Crippen LogP contribution in [0.25, 0.3) is 0 Å². The van der Waals surface area contributed by atoms with E-state index in [0.29, 0.717) is 12.8 Å². The number of sulfone groups is 1. The third-order valence-corrected chi connectivity index (χ3v) is 6.97. The standard InChI is InChI=1S/C17H24N2O3S/c20-17(13-23(21,22)16-8-4-5-9-16)18-14-10-11-19(12-14)15-6-2-1-3-7-15/h1-3,6-7,14,16H,4-5,8-13H2,(H,18,20)/t14-/m1/s1. The first-order valence-electron chi connectivity index (χ1n) is 8.35. The Hall–Kier alpha value is -1.56. The van der Waals surface area contributed by atoms with Gasteiger partial charge in [-0.15, -0.1) is 0 Å². The molecule has 126 valence electrons. The van der Waals surface area contributed by atoms with E-state index in [4.69, 9.17) is 0 Å². The number of hydrogen-bond acceptors (Lipinski definition) is 4. The highest BCUT2D eigenvalue weighted by Crippen LogP contribution is 2.25. The maximum Gasteiger partial charge on any atom is 0.235 e. The molecule has 1 aliphatic carbocycles. The smallest absolute Gasteiger partial charge is 0.235 e. The minimum Gasteiger partial charge on any atom is -0.369 e. The lowest BCUT2D eigenvalue weighted by molar-refractivity contribution is -0.119. The summed E-state index contributed by atoms with van der Waals surface area (Å²) in [4.78, 5) is 14.3. The van der Waals surface area contributed by atoms with Gasteiger partial charge in [-0.2, -0.15) is 0 Å². The molecule has 3 rings (SSSR count). The lowest BCUT2D eigenvalue weighted by Crippen LogP contribution is -2.41. The molecule has 1 heterocycles. The average Bonchev–Trinajstić information content (AvgIpc) is 3.19. The van der Waals surface area contributed by atoms with Gasteiger partial charge in [0.25, 0.3) is 0 Å². The second-order valence-corrected chi connectivity index (χ2v) is 8.83. The van der Waals surface area contributed by atoms with Crippen LogP contribution in [0.5, 0.6) is 0 Å². The van der Waals surface area contributed by atoms with E-state index in [-0.39, 0.29) is 23.0 Å². The number of benzene rings is 1. The summed E-state index contributed by atoms with van der Waals surface area (Å²) in [5, 5.41) is 2.59. The molecule has 0 unspecified atom stereocenters. The van der Waals surface area contributed by atoms with Crippen LogP contribution in [0.15, 0.2) is 30.3 Å². The Bertz CT molecular complexity index is 639. The molecule has 0 bridgehead atoms. The predicted octanol–water partition coefficient (Wildman–Crippen LogP) is 1.74. The Kier molecular flexibility index (Phi) is 4.90. The first-order chi connectivity index (χ1) is 11.0. The predicted molar refractivity (Wildman–Crippen MR) is 91.2 cm³/mol. The molecule has 1 amide bonds. The van der Waals surface area contributed by atoms with E-state index in [1.807, 2.05) is 18.2 Å². The first kappa shape index (κ1) is 16.3. The molecule has 1 aliphatic heterocycles. The molecular weight excluding hydrogens is 312 g/mol. The molecule has 23 heavy (non-hydrogen) atoms. The van der Waals surface area contributed by atoms with Crippen LogP contribution in [-0.4, -0.2) is 44.5 Å². The fourth-order valence-corrected chi connectivity index (χ4v) is 5.30.